The Morgan fingerprint density at radius 1 is 0.978 bits per heavy atom. The van der Waals surface area contributed by atoms with Crippen molar-refractivity contribution in [2.75, 3.05) is 24.4 Å². The van der Waals surface area contributed by atoms with Gasteiger partial charge in [0.15, 0.2) is 0 Å². The van der Waals surface area contributed by atoms with Crippen molar-refractivity contribution in [3.05, 3.63) is 65.2 Å². The molecule has 2 atom stereocenters. The van der Waals surface area contributed by atoms with Crippen LogP contribution in [0.3, 0.4) is 0 Å². The summed E-state index contributed by atoms with van der Waals surface area (Å²) in [6.07, 6.45) is 7.04. The highest BCUT2D eigenvalue weighted by molar-refractivity contribution is 7.91. The smallest absolute Gasteiger partial charge is 0.248 e. The molecule has 9 nitrogen and oxygen atoms in total. The monoisotopic (exact) mass is 660 g/mol. The first-order chi connectivity index (χ1) is 21.1. The number of sulfonamides is 1. The lowest BCUT2D eigenvalue weighted by Gasteiger charge is -2.52. The first kappa shape index (κ1) is 35.2. The number of nitrogens with zero attached hydrogens (tertiary/aromatic N) is 2. The molecule has 248 valence electrons. The van der Waals surface area contributed by atoms with Gasteiger partial charge < -0.3 is 15.3 Å². The summed E-state index contributed by atoms with van der Waals surface area (Å²) in [6.45, 7) is 6.56. The summed E-state index contributed by atoms with van der Waals surface area (Å²) in [4.78, 5) is 31.7. The number of rotatable bonds is 11. The van der Waals surface area contributed by atoms with Crippen molar-refractivity contribution in [3.8, 4) is 0 Å². The van der Waals surface area contributed by atoms with Gasteiger partial charge in [0.05, 0.1) is 11.9 Å². The SMILES string of the molecule is CCCCN1C(=O)[C@@H]([C@H](O)C2CCCCC2)NC(=O)C12CCN(Cc1ccc(NS(=O)(=O)Cc3ccc(C)cc3)cc1)CC2.Cl. The number of benzene rings is 2. The van der Waals surface area contributed by atoms with Crippen LogP contribution in [0.2, 0.25) is 0 Å². The van der Waals surface area contributed by atoms with E-state index >= 15 is 0 Å². The molecule has 11 heteroatoms. The molecule has 2 aromatic carbocycles. The third-order valence-electron chi connectivity index (χ3n) is 9.76. The second-order valence-electron chi connectivity index (χ2n) is 13.0. The summed E-state index contributed by atoms with van der Waals surface area (Å²) in [6, 6.07) is 14.0. The molecule has 0 radical (unpaired) electrons. The van der Waals surface area contributed by atoms with Gasteiger partial charge in [-0.3, -0.25) is 19.2 Å². The maximum atomic E-state index is 13.8. The Hall–Kier alpha value is -2.66. The fourth-order valence-electron chi connectivity index (χ4n) is 7.09. The Bertz CT molecular complexity index is 1390. The molecule has 2 amide bonds. The van der Waals surface area contributed by atoms with Gasteiger partial charge in [-0.05, 0) is 68.2 Å². The zero-order valence-corrected chi connectivity index (χ0v) is 28.2. The van der Waals surface area contributed by atoms with Crippen molar-refractivity contribution in [1.29, 1.82) is 0 Å². The average molecular weight is 661 g/mol. The Labute approximate surface area is 274 Å². The molecular formula is C34H49ClN4O5S. The summed E-state index contributed by atoms with van der Waals surface area (Å²) >= 11 is 0. The maximum Gasteiger partial charge on any atom is 0.248 e. The molecule has 0 aromatic heterocycles. The van der Waals surface area contributed by atoms with Crippen molar-refractivity contribution < 1.29 is 23.1 Å². The number of piperidine rings is 1. The van der Waals surface area contributed by atoms with E-state index < -0.39 is 27.7 Å². The lowest BCUT2D eigenvalue weighted by molar-refractivity contribution is -0.166. The van der Waals surface area contributed by atoms with E-state index in [-0.39, 0.29) is 35.9 Å². The number of aliphatic hydroxyl groups is 1. The summed E-state index contributed by atoms with van der Waals surface area (Å²) in [5.41, 5.74) is 2.50. The first-order valence-electron chi connectivity index (χ1n) is 16.3. The molecule has 1 aliphatic carbocycles. The largest absolute Gasteiger partial charge is 0.390 e. The minimum Gasteiger partial charge on any atom is -0.390 e. The Morgan fingerprint density at radius 2 is 1.60 bits per heavy atom. The quantitative estimate of drug-likeness (QED) is 0.320. The van der Waals surface area contributed by atoms with E-state index in [4.69, 9.17) is 0 Å². The zero-order valence-electron chi connectivity index (χ0n) is 26.5. The van der Waals surface area contributed by atoms with Crippen LogP contribution < -0.4 is 10.0 Å². The van der Waals surface area contributed by atoms with Crippen molar-refractivity contribution in [3.63, 3.8) is 0 Å². The zero-order chi connectivity index (χ0) is 31.3. The lowest BCUT2D eigenvalue weighted by Crippen LogP contribution is -2.75. The Kier molecular flexibility index (Phi) is 12.0. The number of aliphatic hydroxyl groups excluding tert-OH is 1. The second kappa shape index (κ2) is 15.3. The van der Waals surface area contributed by atoms with Crippen molar-refractivity contribution >= 4 is 39.9 Å². The molecule has 1 saturated carbocycles. The first-order valence-corrected chi connectivity index (χ1v) is 17.9. The lowest BCUT2D eigenvalue weighted by atomic mass is 9.78. The van der Waals surface area contributed by atoms with E-state index in [9.17, 15) is 23.1 Å². The molecule has 1 spiro atoms. The molecule has 2 aliphatic heterocycles. The summed E-state index contributed by atoms with van der Waals surface area (Å²) < 4.78 is 28.1. The Morgan fingerprint density at radius 3 is 2.22 bits per heavy atom. The van der Waals surface area contributed by atoms with Gasteiger partial charge in [-0.2, -0.15) is 0 Å². The number of amides is 2. The molecule has 3 fully saturated rings. The molecule has 2 heterocycles. The number of carbonyl (C=O) groups excluding carboxylic acids is 2. The van der Waals surface area contributed by atoms with E-state index in [1.165, 1.54) is 0 Å². The summed E-state index contributed by atoms with van der Waals surface area (Å²) in [7, 11) is -3.54. The van der Waals surface area contributed by atoms with Crippen molar-refractivity contribution in [1.82, 2.24) is 15.1 Å². The predicted molar refractivity (Wildman–Crippen MR) is 179 cm³/mol. The molecule has 2 saturated heterocycles. The number of halogens is 1. The number of nitrogens with one attached hydrogen (secondary N) is 2. The highest BCUT2D eigenvalue weighted by Crippen LogP contribution is 2.36. The van der Waals surface area contributed by atoms with Gasteiger partial charge in [0.25, 0.3) is 0 Å². The minimum atomic E-state index is -3.54. The van der Waals surface area contributed by atoms with Crippen molar-refractivity contribution in [2.45, 2.75) is 102 Å². The molecule has 45 heavy (non-hydrogen) atoms. The van der Waals surface area contributed by atoms with Crippen LogP contribution >= 0.6 is 12.4 Å². The van der Waals surface area contributed by atoms with Gasteiger partial charge in [0.1, 0.15) is 11.6 Å². The highest BCUT2D eigenvalue weighted by atomic mass is 35.5. The van der Waals surface area contributed by atoms with Gasteiger partial charge in [-0.25, -0.2) is 8.42 Å². The van der Waals surface area contributed by atoms with Gasteiger partial charge in [-0.1, -0.05) is 74.6 Å². The number of likely N-dealkylation sites (tertiary alicyclic amines) is 1. The number of hydrogen-bond acceptors (Lipinski definition) is 6. The third-order valence-corrected chi connectivity index (χ3v) is 11.0. The van der Waals surface area contributed by atoms with Crippen molar-refractivity contribution in [2.24, 2.45) is 5.92 Å². The predicted octanol–water partition coefficient (Wildman–Crippen LogP) is 4.76. The van der Waals surface area contributed by atoms with Crippen LogP contribution in [0.15, 0.2) is 48.5 Å². The van der Waals surface area contributed by atoms with E-state index in [0.717, 1.165) is 61.6 Å². The van der Waals surface area contributed by atoms with Crippen LogP contribution in [0.5, 0.6) is 0 Å². The molecule has 3 N–H and O–H groups in total. The van der Waals surface area contributed by atoms with E-state index in [1.807, 2.05) is 43.3 Å². The normalized spacial score (nSPS) is 21.7. The molecular weight excluding hydrogens is 612 g/mol. The van der Waals surface area contributed by atoms with E-state index in [2.05, 4.69) is 21.9 Å². The fourth-order valence-corrected chi connectivity index (χ4v) is 8.29. The van der Waals surface area contributed by atoms with Crippen LogP contribution in [-0.4, -0.2) is 72.5 Å². The summed E-state index contributed by atoms with van der Waals surface area (Å²) in [5.74, 6) is -0.298. The molecule has 3 aliphatic rings. The van der Waals surface area contributed by atoms with Gasteiger partial charge in [0, 0.05) is 31.9 Å². The van der Waals surface area contributed by atoms with Gasteiger partial charge in [-0.15, -0.1) is 12.4 Å². The van der Waals surface area contributed by atoms with E-state index in [0.29, 0.717) is 44.7 Å². The number of unbranched alkanes of at least 4 members (excludes halogenated alkanes) is 1. The number of anilines is 1. The minimum absolute atomic E-state index is 0. The highest BCUT2D eigenvalue weighted by Gasteiger charge is 2.55. The van der Waals surface area contributed by atoms with Crippen LogP contribution in [0.25, 0.3) is 0 Å². The third kappa shape index (κ3) is 8.39. The molecule has 5 rings (SSSR count). The van der Waals surface area contributed by atoms with Gasteiger partial charge in [0.2, 0.25) is 21.8 Å². The van der Waals surface area contributed by atoms with Crippen LogP contribution in [0.1, 0.15) is 81.4 Å². The van der Waals surface area contributed by atoms with Crippen LogP contribution in [0.4, 0.5) is 5.69 Å². The molecule has 2 aromatic rings. The van der Waals surface area contributed by atoms with E-state index in [1.54, 1.807) is 17.0 Å². The summed E-state index contributed by atoms with van der Waals surface area (Å²) in [5, 5.41) is 14.2. The fraction of sp³-hybridized carbons (Fsp3) is 0.588. The van der Waals surface area contributed by atoms with Crippen LogP contribution in [0, 0.1) is 12.8 Å². The topological polar surface area (TPSA) is 119 Å². The van der Waals surface area contributed by atoms with Crippen LogP contribution in [-0.2, 0) is 31.9 Å². The second-order valence-corrected chi connectivity index (χ2v) is 14.8. The average Bonchev–Trinajstić information content (AvgIpc) is 3.02. The number of carbonyl (C=O) groups is 2. The Balaban J connectivity index is 0.00000461. The molecule has 0 bridgehead atoms. The number of piperazine rings is 1. The maximum absolute atomic E-state index is 13.8. The number of aryl methyl sites for hydroxylation is 1. The molecule has 0 unspecified atom stereocenters. The van der Waals surface area contributed by atoms with Gasteiger partial charge >= 0.3 is 0 Å². The number of hydrogen-bond donors (Lipinski definition) is 3. The standard InChI is InChI=1S/C34H48N4O5S.ClH/c1-3-4-20-38-32(40)30(31(39)28-8-6-5-7-9-28)35-33(41)34(38)18-21-37(22-19-34)23-26-14-16-29(17-15-26)36-44(42,43)24-27-12-10-25(2)11-13-27;/h10-17,28,30-31,36,39H,3-9,18-24H2,1-2H3,(H,35,41);1H/t30-,31-;/m1./s1.